The molecule has 0 aliphatic heterocycles. The van der Waals surface area contributed by atoms with Gasteiger partial charge in [-0.1, -0.05) is 26.0 Å². The van der Waals surface area contributed by atoms with Crippen molar-refractivity contribution in [3.05, 3.63) is 29.8 Å². The number of anilines is 1. The molecule has 0 amide bonds. The Morgan fingerprint density at radius 2 is 1.83 bits per heavy atom. The van der Waals surface area contributed by atoms with E-state index in [1.54, 1.807) is 0 Å². The Kier molecular flexibility index (Phi) is 6.76. The molecule has 2 N–H and O–H groups in total. The van der Waals surface area contributed by atoms with E-state index in [0.29, 0.717) is 12.6 Å². The highest BCUT2D eigenvalue weighted by atomic mass is 16.3. The number of hydrogen-bond donors (Lipinski definition) is 2. The quantitative estimate of drug-likeness (QED) is 0.744. The first kappa shape index (κ1) is 15.0. The molecule has 0 aliphatic rings. The maximum absolute atomic E-state index is 9.03. The molecule has 0 saturated carbocycles. The van der Waals surface area contributed by atoms with Gasteiger partial charge in [-0.15, -0.1) is 0 Å². The van der Waals surface area contributed by atoms with Gasteiger partial charge in [-0.25, -0.2) is 0 Å². The van der Waals surface area contributed by atoms with Gasteiger partial charge >= 0.3 is 0 Å². The van der Waals surface area contributed by atoms with Crippen LogP contribution in [0.4, 0.5) is 5.69 Å². The van der Waals surface area contributed by atoms with Gasteiger partial charge in [-0.05, 0) is 37.6 Å². The molecule has 0 saturated heterocycles. The molecule has 0 heterocycles. The molecule has 1 atom stereocenters. The second kappa shape index (κ2) is 8.11. The first-order chi connectivity index (χ1) is 8.76. The van der Waals surface area contributed by atoms with Gasteiger partial charge in [0.15, 0.2) is 0 Å². The van der Waals surface area contributed by atoms with E-state index in [0.717, 1.165) is 19.5 Å². The van der Waals surface area contributed by atoms with Crippen LogP contribution in [0.15, 0.2) is 24.3 Å². The molecular weight excluding hydrogens is 224 g/mol. The molecule has 0 fully saturated rings. The van der Waals surface area contributed by atoms with E-state index in [1.165, 1.54) is 11.3 Å². The van der Waals surface area contributed by atoms with Crippen LogP contribution in [0.25, 0.3) is 0 Å². The van der Waals surface area contributed by atoms with Crippen LogP contribution in [-0.2, 0) is 0 Å². The van der Waals surface area contributed by atoms with Crippen LogP contribution >= 0.6 is 0 Å². The number of hydrogen-bond acceptors (Lipinski definition) is 3. The minimum atomic E-state index is 0.199. The second-order valence-electron chi connectivity index (χ2n) is 4.41. The van der Waals surface area contributed by atoms with E-state index in [1.807, 2.05) is 0 Å². The zero-order chi connectivity index (χ0) is 13.4. The molecule has 0 radical (unpaired) electrons. The topological polar surface area (TPSA) is 35.5 Å². The minimum absolute atomic E-state index is 0.199. The highest BCUT2D eigenvalue weighted by Crippen LogP contribution is 2.21. The summed E-state index contributed by atoms with van der Waals surface area (Å²) in [5.41, 5.74) is 2.52. The first-order valence-electron chi connectivity index (χ1n) is 6.95. The largest absolute Gasteiger partial charge is 0.395 e. The average molecular weight is 250 g/mol. The Morgan fingerprint density at radius 3 is 2.28 bits per heavy atom. The molecule has 18 heavy (non-hydrogen) atoms. The highest BCUT2D eigenvalue weighted by Gasteiger charge is 2.08. The smallest absolute Gasteiger partial charge is 0.0606 e. The summed E-state index contributed by atoms with van der Waals surface area (Å²) in [4.78, 5) is 2.18. The van der Waals surface area contributed by atoms with Gasteiger partial charge in [0.05, 0.1) is 6.61 Å². The Morgan fingerprint density at radius 1 is 1.17 bits per heavy atom. The van der Waals surface area contributed by atoms with E-state index >= 15 is 0 Å². The van der Waals surface area contributed by atoms with Gasteiger partial charge in [0.1, 0.15) is 0 Å². The maximum Gasteiger partial charge on any atom is 0.0606 e. The standard InChI is InChI=1S/C15H26N2O/c1-4-15(16-5-2)13-7-9-14(10-8-13)17(6-3)11-12-18/h7-10,15-16,18H,4-6,11-12H2,1-3H3. The van der Waals surface area contributed by atoms with Crippen molar-refractivity contribution in [3.63, 3.8) is 0 Å². The van der Waals surface area contributed by atoms with Crippen LogP contribution < -0.4 is 10.2 Å². The molecule has 1 aromatic carbocycles. The summed E-state index contributed by atoms with van der Waals surface area (Å²) < 4.78 is 0. The van der Waals surface area contributed by atoms with Gasteiger partial charge in [-0.3, -0.25) is 0 Å². The van der Waals surface area contributed by atoms with Gasteiger partial charge in [-0.2, -0.15) is 0 Å². The second-order valence-corrected chi connectivity index (χ2v) is 4.41. The summed E-state index contributed by atoms with van der Waals surface area (Å²) >= 11 is 0. The molecule has 3 heteroatoms. The number of nitrogens with zero attached hydrogens (tertiary/aromatic N) is 1. The maximum atomic E-state index is 9.03. The molecule has 1 aromatic rings. The van der Waals surface area contributed by atoms with Crippen LogP contribution in [0.3, 0.4) is 0 Å². The lowest BCUT2D eigenvalue weighted by molar-refractivity contribution is 0.302. The van der Waals surface area contributed by atoms with Crippen LogP contribution in [0.2, 0.25) is 0 Å². The molecule has 1 unspecified atom stereocenters. The number of benzene rings is 1. The number of likely N-dealkylation sites (N-methyl/N-ethyl adjacent to an activating group) is 1. The van der Waals surface area contributed by atoms with Gasteiger partial charge in [0.2, 0.25) is 0 Å². The lowest BCUT2D eigenvalue weighted by Crippen LogP contribution is -2.26. The fourth-order valence-electron chi connectivity index (χ4n) is 2.25. The lowest BCUT2D eigenvalue weighted by Gasteiger charge is -2.23. The fourth-order valence-corrected chi connectivity index (χ4v) is 2.25. The molecule has 0 spiro atoms. The zero-order valence-corrected chi connectivity index (χ0v) is 11.8. The van der Waals surface area contributed by atoms with Crippen LogP contribution in [0, 0.1) is 0 Å². The third-order valence-electron chi connectivity index (χ3n) is 3.27. The van der Waals surface area contributed by atoms with Crippen molar-refractivity contribution < 1.29 is 5.11 Å². The summed E-state index contributed by atoms with van der Waals surface area (Å²) in [6, 6.07) is 9.11. The fraction of sp³-hybridized carbons (Fsp3) is 0.600. The summed E-state index contributed by atoms with van der Waals surface area (Å²) in [5.74, 6) is 0. The predicted octanol–water partition coefficient (Wildman–Crippen LogP) is 2.57. The summed E-state index contributed by atoms with van der Waals surface area (Å²) in [6.07, 6.45) is 1.10. The first-order valence-corrected chi connectivity index (χ1v) is 6.95. The number of aliphatic hydroxyl groups is 1. The van der Waals surface area contributed by atoms with Gasteiger partial charge < -0.3 is 15.3 Å². The lowest BCUT2D eigenvalue weighted by atomic mass is 10.0. The van der Waals surface area contributed by atoms with Crippen LogP contribution in [-0.4, -0.2) is 31.3 Å². The van der Waals surface area contributed by atoms with Gasteiger partial charge in [0, 0.05) is 24.8 Å². The molecule has 0 bridgehead atoms. The van der Waals surface area contributed by atoms with Crippen LogP contribution in [0.5, 0.6) is 0 Å². The van der Waals surface area contributed by atoms with E-state index in [9.17, 15) is 0 Å². The van der Waals surface area contributed by atoms with Crippen molar-refractivity contribution in [1.29, 1.82) is 0 Å². The molecule has 0 aromatic heterocycles. The van der Waals surface area contributed by atoms with Gasteiger partial charge in [0.25, 0.3) is 0 Å². The molecule has 1 rings (SSSR count). The van der Waals surface area contributed by atoms with Crippen molar-refractivity contribution in [2.24, 2.45) is 0 Å². The Labute approximate surface area is 111 Å². The molecular formula is C15H26N2O. The third kappa shape index (κ3) is 4.00. The Balaban J connectivity index is 2.77. The molecule has 3 nitrogen and oxygen atoms in total. The SMILES string of the molecule is CCNC(CC)c1ccc(N(CC)CCO)cc1. The van der Waals surface area contributed by atoms with Crippen molar-refractivity contribution in [1.82, 2.24) is 5.32 Å². The van der Waals surface area contributed by atoms with E-state index < -0.39 is 0 Å². The Bertz CT molecular complexity index is 291. The normalized spacial score (nSPS) is 12.4. The van der Waals surface area contributed by atoms with Crippen molar-refractivity contribution in [3.8, 4) is 0 Å². The number of aliphatic hydroxyl groups excluding tert-OH is 1. The zero-order valence-electron chi connectivity index (χ0n) is 11.8. The number of nitrogens with one attached hydrogen (secondary N) is 1. The highest BCUT2D eigenvalue weighted by molar-refractivity contribution is 5.48. The van der Waals surface area contributed by atoms with Crippen molar-refractivity contribution in [2.75, 3.05) is 31.1 Å². The van der Waals surface area contributed by atoms with E-state index in [2.05, 4.69) is 55.3 Å². The van der Waals surface area contributed by atoms with Crippen molar-refractivity contribution >= 4 is 5.69 Å². The minimum Gasteiger partial charge on any atom is -0.395 e. The monoisotopic (exact) mass is 250 g/mol. The summed E-state index contributed by atoms with van der Waals surface area (Å²) in [7, 11) is 0. The molecule has 102 valence electrons. The van der Waals surface area contributed by atoms with E-state index in [4.69, 9.17) is 5.11 Å². The number of rotatable bonds is 8. The van der Waals surface area contributed by atoms with Crippen LogP contribution in [0.1, 0.15) is 38.8 Å². The van der Waals surface area contributed by atoms with Crippen molar-refractivity contribution in [2.45, 2.75) is 33.2 Å². The third-order valence-corrected chi connectivity index (χ3v) is 3.27. The van der Waals surface area contributed by atoms with E-state index in [-0.39, 0.29) is 6.61 Å². The summed E-state index contributed by atoms with van der Waals surface area (Å²) in [6.45, 7) is 9.25. The summed E-state index contributed by atoms with van der Waals surface area (Å²) in [5, 5.41) is 12.5. The average Bonchev–Trinajstić information content (AvgIpc) is 2.42. The Hall–Kier alpha value is -1.06. The molecule has 0 aliphatic carbocycles. The predicted molar refractivity (Wildman–Crippen MR) is 78.1 cm³/mol.